The van der Waals surface area contributed by atoms with Gasteiger partial charge in [-0.1, -0.05) is 12.1 Å². The molecule has 1 amide bonds. The van der Waals surface area contributed by atoms with E-state index in [1.54, 1.807) is 6.20 Å². The number of carbonyl (C=O) groups excluding carboxylic acids is 1. The van der Waals surface area contributed by atoms with E-state index in [0.717, 1.165) is 37.2 Å². The molecule has 1 N–H and O–H groups in total. The molecular formula is C20H23FN4O. The Hall–Kier alpha value is -2.21. The Morgan fingerprint density at radius 3 is 2.58 bits per heavy atom. The van der Waals surface area contributed by atoms with Crippen molar-refractivity contribution in [1.82, 2.24) is 19.8 Å². The molecule has 1 aromatic carbocycles. The second kappa shape index (κ2) is 5.91. The molecule has 0 spiro atoms. The summed E-state index contributed by atoms with van der Waals surface area (Å²) >= 11 is 0. The smallest absolute Gasteiger partial charge is 0.289 e. The molecule has 4 fully saturated rings. The van der Waals surface area contributed by atoms with Crippen LogP contribution in [-0.2, 0) is 0 Å². The standard InChI is InChI=1S/C20H23FN4O/c1-12-10-22-19(23-12)20(26)25-11-16(13-2-4-15(21)5-3-13)18-17(25)14-6-8-24(18)9-7-14/h2-5,10,14,16-18H,6-9,11H2,1H3,(H,22,23)/t16-,17+,18+/m0/s1. The van der Waals surface area contributed by atoms with Gasteiger partial charge in [0.05, 0.1) is 6.04 Å². The van der Waals surface area contributed by atoms with E-state index in [1.165, 1.54) is 12.1 Å². The highest BCUT2D eigenvalue weighted by Crippen LogP contribution is 2.46. The lowest BCUT2D eigenvalue weighted by Crippen LogP contribution is -2.60. The van der Waals surface area contributed by atoms with Crippen LogP contribution in [-0.4, -0.2) is 57.4 Å². The number of likely N-dealkylation sites (tertiary alicyclic amines) is 1. The second-order valence-electron chi connectivity index (χ2n) is 7.88. The fourth-order valence-electron chi connectivity index (χ4n) is 5.32. The van der Waals surface area contributed by atoms with E-state index >= 15 is 0 Å². The van der Waals surface area contributed by atoms with E-state index in [1.807, 2.05) is 24.0 Å². The maximum atomic E-state index is 13.4. The molecule has 0 saturated carbocycles. The van der Waals surface area contributed by atoms with Crippen molar-refractivity contribution in [1.29, 1.82) is 0 Å². The Morgan fingerprint density at radius 1 is 1.19 bits per heavy atom. The Labute approximate surface area is 152 Å². The van der Waals surface area contributed by atoms with Crippen molar-refractivity contribution in [2.24, 2.45) is 5.92 Å². The fraction of sp³-hybridized carbons (Fsp3) is 0.500. The van der Waals surface area contributed by atoms with Gasteiger partial charge in [0.25, 0.3) is 5.91 Å². The van der Waals surface area contributed by atoms with Crippen LogP contribution in [0.2, 0.25) is 0 Å². The number of aryl methyl sites for hydroxylation is 1. The molecule has 6 heteroatoms. The molecule has 3 atom stereocenters. The number of imidazole rings is 1. The molecule has 0 radical (unpaired) electrons. The van der Waals surface area contributed by atoms with Crippen molar-refractivity contribution in [2.75, 3.05) is 19.6 Å². The van der Waals surface area contributed by atoms with E-state index < -0.39 is 0 Å². The van der Waals surface area contributed by atoms with Crippen LogP contribution < -0.4 is 0 Å². The average Bonchev–Trinajstić information content (AvgIpc) is 3.28. The molecule has 6 rings (SSSR count). The quantitative estimate of drug-likeness (QED) is 0.902. The van der Waals surface area contributed by atoms with Crippen LogP contribution in [0.1, 0.15) is 40.6 Å². The van der Waals surface area contributed by atoms with Gasteiger partial charge in [0.2, 0.25) is 0 Å². The maximum Gasteiger partial charge on any atom is 0.289 e. The summed E-state index contributed by atoms with van der Waals surface area (Å²) in [5, 5.41) is 0. The summed E-state index contributed by atoms with van der Waals surface area (Å²) in [6.07, 6.45) is 4.01. The number of carbonyl (C=O) groups is 1. The molecule has 2 bridgehead atoms. The van der Waals surface area contributed by atoms with Gasteiger partial charge in [0.15, 0.2) is 5.82 Å². The van der Waals surface area contributed by atoms with Gasteiger partial charge in [-0.3, -0.25) is 9.69 Å². The summed E-state index contributed by atoms with van der Waals surface area (Å²) in [6.45, 7) is 4.79. The van der Waals surface area contributed by atoms with Crippen LogP contribution in [0.4, 0.5) is 4.39 Å². The van der Waals surface area contributed by atoms with E-state index in [-0.39, 0.29) is 23.7 Å². The van der Waals surface area contributed by atoms with Gasteiger partial charge in [0, 0.05) is 30.4 Å². The number of nitrogens with zero attached hydrogens (tertiary/aromatic N) is 3. The molecule has 5 heterocycles. The van der Waals surface area contributed by atoms with Gasteiger partial charge in [0.1, 0.15) is 5.82 Å². The second-order valence-corrected chi connectivity index (χ2v) is 7.88. The van der Waals surface area contributed by atoms with Crippen LogP contribution in [0, 0.1) is 18.7 Å². The van der Waals surface area contributed by atoms with Crippen molar-refractivity contribution in [3.63, 3.8) is 0 Å². The summed E-state index contributed by atoms with van der Waals surface area (Å²) in [5.41, 5.74) is 2.02. The summed E-state index contributed by atoms with van der Waals surface area (Å²) in [4.78, 5) is 25.1. The van der Waals surface area contributed by atoms with E-state index in [0.29, 0.717) is 24.3 Å². The Kier molecular flexibility index (Phi) is 3.64. The third kappa shape index (κ3) is 2.39. The van der Waals surface area contributed by atoms with Gasteiger partial charge < -0.3 is 9.88 Å². The molecule has 136 valence electrons. The molecule has 5 nitrogen and oxygen atoms in total. The number of halogens is 1. The van der Waals surface area contributed by atoms with Crippen LogP contribution in [0.25, 0.3) is 0 Å². The number of H-pyrrole nitrogens is 1. The first-order chi connectivity index (χ1) is 12.6. The molecule has 1 aromatic heterocycles. The van der Waals surface area contributed by atoms with Crippen molar-refractivity contribution in [2.45, 2.75) is 37.8 Å². The van der Waals surface area contributed by atoms with E-state index in [9.17, 15) is 9.18 Å². The Balaban J connectivity index is 1.52. The predicted octanol–water partition coefficient (Wildman–Crippen LogP) is 2.56. The normalized spacial score (nSPS) is 32.7. The lowest BCUT2D eigenvalue weighted by molar-refractivity contribution is -0.00374. The Morgan fingerprint density at radius 2 is 1.92 bits per heavy atom. The van der Waals surface area contributed by atoms with Crippen LogP contribution >= 0.6 is 0 Å². The molecule has 26 heavy (non-hydrogen) atoms. The molecule has 4 saturated heterocycles. The molecule has 0 aliphatic carbocycles. The monoisotopic (exact) mass is 354 g/mol. The zero-order chi connectivity index (χ0) is 17.8. The number of rotatable bonds is 2. The molecular weight excluding hydrogens is 331 g/mol. The minimum absolute atomic E-state index is 0.00791. The van der Waals surface area contributed by atoms with Crippen LogP contribution in [0.5, 0.6) is 0 Å². The number of piperidine rings is 3. The van der Waals surface area contributed by atoms with Crippen LogP contribution in [0.15, 0.2) is 30.5 Å². The number of hydrogen-bond acceptors (Lipinski definition) is 3. The number of amides is 1. The minimum atomic E-state index is -0.215. The maximum absolute atomic E-state index is 13.4. The number of nitrogens with one attached hydrogen (secondary N) is 1. The number of aromatic amines is 1. The van der Waals surface area contributed by atoms with Crippen LogP contribution in [0.3, 0.4) is 0 Å². The lowest BCUT2D eigenvalue weighted by Gasteiger charge is -2.51. The van der Waals surface area contributed by atoms with Gasteiger partial charge >= 0.3 is 0 Å². The first-order valence-electron chi connectivity index (χ1n) is 9.44. The third-order valence-corrected chi connectivity index (χ3v) is 6.46. The zero-order valence-corrected chi connectivity index (χ0v) is 14.9. The van der Waals surface area contributed by atoms with Crippen molar-refractivity contribution in [3.8, 4) is 0 Å². The van der Waals surface area contributed by atoms with Gasteiger partial charge in [-0.2, -0.15) is 0 Å². The Bertz CT molecular complexity index is 825. The molecule has 4 aliphatic heterocycles. The topological polar surface area (TPSA) is 52.2 Å². The molecule has 0 unspecified atom stereocenters. The summed E-state index contributed by atoms with van der Waals surface area (Å²) in [7, 11) is 0. The number of aromatic nitrogens is 2. The highest BCUT2D eigenvalue weighted by molar-refractivity contribution is 5.91. The number of benzene rings is 1. The zero-order valence-electron chi connectivity index (χ0n) is 14.9. The SMILES string of the molecule is Cc1cnc(C(=O)N2C[C@@H](c3ccc(F)cc3)[C@@H]3[C@H]2C2CCN3CC2)[nH]1. The van der Waals surface area contributed by atoms with E-state index in [4.69, 9.17) is 0 Å². The van der Waals surface area contributed by atoms with Crippen molar-refractivity contribution in [3.05, 3.63) is 53.4 Å². The highest BCUT2D eigenvalue weighted by Gasteiger charge is 2.54. The van der Waals surface area contributed by atoms with Gasteiger partial charge in [-0.15, -0.1) is 0 Å². The predicted molar refractivity (Wildman–Crippen MR) is 95.4 cm³/mol. The van der Waals surface area contributed by atoms with Crippen molar-refractivity contribution >= 4 is 5.91 Å². The van der Waals surface area contributed by atoms with E-state index in [2.05, 4.69) is 14.9 Å². The van der Waals surface area contributed by atoms with Gasteiger partial charge in [-0.05, 0) is 56.5 Å². The summed E-state index contributed by atoms with van der Waals surface area (Å²) in [6, 6.07) is 7.37. The largest absolute Gasteiger partial charge is 0.338 e. The first-order valence-corrected chi connectivity index (χ1v) is 9.44. The summed E-state index contributed by atoms with van der Waals surface area (Å²) in [5.74, 6) is 0.982. The van der Waals surface area contributed by atoms with Gasteiger partial charge in [-0.25, -0.2) is 9.37 Å². The summed E-state index contributed by atoms with van der Waals surface area (Å²) < 4.78 is 13.4. The highest BCUT2D eigenvalue weighted by atomic mass is 19.1. The minimum Gasteiger partial charge on any atom is -0.338 e. The molecule has 4 aliphatic rings. The first kappa shape index (κ1) is 16.0. The average molecular weight is 354 g/mol. The third-order valence-electron chi connectivity index (χ3n) is 6.46. The molecule has 2 aromatic rings. The number of hydrogen-bond donors (Lipinski definition) is 1. The lowest BCUT2D eigenvalue weighted by atomic mass is 9.75. The van der Waals surface area contributed by atoms with Crippen molar-refractivity contribution < 1.29 is 9.18 Å². The number of fused-ring (bicyclic) bond motifs is 2. The fourth-order valence-corrected chi connectivity index (χ4v) is 5.32.